The van der Waals surface area contributed by atoms with Crippen LogP contribution in [0, 0.1) is 6.92 Å². The number of aryl methyl sites for hydroxylation is 1. The summed E-state index contributed by atoms with van der Waals surface area (Å²) in [7, 11) is 0. The number of hydrogen-bond donors (Lipinski definition) is 3. The number of hydrogen-bond acceptors (Lipinski definition) is 5. The van der Waals surface area contributed by atoms with E-state index in [2.05, 4.69) is 20.8 Å². The molecular formula is C13H11ClN4O3. The first-order valence-corrected chi connectivity index (χ1v) is 6.23. The predicted molar refractivity (Wildman–Crippen MR) is 74.8 cm³/mol. The second kappa shape index (κ2) is 6.19. The molecule has 1 aromatic heterocycles. The summed E-state index contributed by atoms with van der Waals surface area (Å²) >= 11 is 5.74. The van der Waals surface area contributed by atoms with Crippen LogP contribution in [0.1, 0.15) is 26.5 Å². The number of nitrogens with zero attached hydrogens (tertiary/aromatic N) is 2. The SMILES string of the molecule is Cc1cnc(C(=O)NNC(=O)c2cc(Cl)ccc2O)cn1. The minimum absolute atomic E-state index is 0.0521. The summed E-state index contributed by atoms with van der Waals surface area (Å²) < 4.78 is 0. The van der Waals surface area contributed by atoms with Crippen LogP contribution in [0.15, 0.2) is 30.6 Å². The third-order valence-electron chi connectivity index (χ3n) is 2.51. The van der Waals surface area contributed by atoms with Gasteiger partial charge in [-0.05, 0) is 25.1 Å². The lowest BCUT2D eigenvalue weighted by molar-refractivity contribution is 0.0842. The van der Waals surface area contributed by atoms with Crippen molar-refractivity contribution in [2.24, 2.45) is 0 Å². The van der Waals surface area contributed by atoms with E-state index in [4.69, 9.17) is 11.6 Å². The van der Waals surface area contributed by atoms with E-state index >= 15 is 0 Å². The summed E-state index contributed by atoms with van der Waals surface area (Å²) in [6.45, 7) is 1.73. The Morgan fingerprint density at radius 1 is 1.14 bits per heavy atom. The molecule has 1 heterocycles. The second-order valence-corrected chi connectivity index (χ2v) is 4.55. The lowest BCUT2D eigenvalue weighted by Crippen LogP contribution is -2.42. The van der Waals surface area contributed by atoms with Gasteiger partial charge in [-0.1, -0.05) is 11.6 Å². The van der Waals surface area contributed by atoms with Gasteiger partial charge in [0, 0.05) is 11.2 Å². The molecule has 2 amide bonds. The molecular weight excluding hydrogens is 296 g/mol. The summed E-state index contributed by atoms with van der Waals surface area (Å²) in [5.41, 5.74) is 4.98. The largest absolute Gasteiger partial charge is 0.507 e. The molecule has 108 valence electrons. The van der Waals surface area contributed by atoms with Crippen molar-refractivity contribution in [3.8, 4) is 5.75 Å². The standard InChI is InChI=1S/C13H11ClN4O3/c1-7-5-16-10(6-15-7)13(21)18-17-12(20)9-4-8(14)2-3-11(9)19/h2-6,19H,1H3,(H,17,20)(H,18,21). The quantitative estimate of drug-likeness (QED) is 0.724. The monoisotopic (exact) mass is 306 g/mol. The molecule has 1 aromatic carbocycles. The van der Waals surface area contributed by atoms with Gasteiger partial charge in [0.25, 0.3) is 11.8 Å². The van der Waals surface area contributed by atoms with Gasteiger partial charge < -0.3 is 5.11 Å². The average Bonchev–Trinajstić information content (AvgIpc) is 2.47. The highest BCUT2D eigenvalue weighted by Gasteiger charge is 2.14. The van der Waals surface area contributed by atoms with Crippen LogP contribution in [0.3, 0.4) is 0 Å². The lowest BCUT2D eigenvalue weighted by atomic mass is 10.2. The highest BCUT2D eigenvalue weighted by Crippen LogP contribution is 2.20. The third-order valence-corrected chi connectivity index (χ3v) is 2.74. The summed E-state index contributed by atoms with van der Waals surface area (Å²) in [5.74, 6) is -1.58. The van der Waals surface area contributed by atoms with Crippen LogP contribution in [0.25, 0.3) is 0 Å². The van der Waals surface area contributed by atoms with Crippen molar-refractivity contribution in [3.05, 3.63) is 52.6 Å². The average molecular weight is 307 g/mol. The van der Waals surface area contributed by atoms with E-state index < -0.39 is 11.8 Å². The van der Waals surface area contributed by atoms with Crippen molar-refractivity contribution in [3.63, 3.8) is 0 Å². The normalized spacial score (nSPS) is 10.0. The topological polar surface area (TPSA) is 104 Å². The van der Waals surface area contributed by atoms with Crippen molar-refractivity contribution in [2.45, 2.75) is 6.92 Å². The Morgan fingerprint density at radius 2 is 1.86 bits per heavy atom. The molecule has 0 aliphatic rings. The zero-order valence-electron chi connectivity index (χ0n) is 10.9. The van der Waals surface area contributed by atoms with E-state index in [0.717, 1.165) is 0 Å². The minimum Gasteiger partial charge on any atom is -0.507 e. The Kier molecular flexibility index (Phi) is 4.34. The number of nitrogens with one attached hydrogen (secondary N) is 2. The number of phenols is 1. The highest BCUT2D eigenvalue weighted by atomic mass is 35.5. The number of carbonyl (C=O) groups is 2. The number of aromatic nitrogens is 2. The minimum atomic E-state index is -0.705. The highest BCUT2D eigenvalue weighted by molar-refractivity contribution is 6.31. The van der Waals surface area contributed by atoms with E-state index in [1.807, 2.05) is 0 Å². The number of rotatable bonds is 2. The first kappa shape index (κ1) is 14.7. The van der Waals surface area contributed by atoms with Crippen molar-refractivity contribution in [2.75, 3.05) is 0 Å². The van der Waals surface area contributed by atoms with Gasteiger partial charge in [0.05, 0.1) is 17.5 Å². The lowest BCUT2D eigenvalue weighted by Gasteiger charge is -2.08. The van der Waals surface area contributed by atoms with E-state index in [9.17, 15) is 14.7 Å². The van der Waals surface area contributed by atoms with E-state index in [1.54, 1.807) is 6.92 Å². The van der Waals surface area contributed by atoms with Crippen LogP contribution in [0.4, 0.5) is 0 Å². The Hall–Kier alpha value is -2.67. The van der Waals surface area contributed by atoms with Gasteiger partial charge >= 0.3 is 0 Å². The maximum absolute atomic E-state index is 11.8. The Balaban J connectivity index is 2.02. The first-order chi connectivity index (χ1) is 9.97. The fourth-order valence-corrected chi connectivity index (χ4v) is 1.62. The van der Waals surface area contributed by atoms with Crippen LogP contribution in [-0.2, 0) is 0 Å². The van der Waals surface area contributed by atoms with Crippen molar-refractivity contribution in [1.29, 1.82) is 0 Å². The Bertz CT molecular complexity index is 688. The number of amides is 2. The van der Waals surface area contributed by atoms with Crippen molar-refractivity contribution in [1.82, 2.24) is 20.8 Å². The van der Waals surface area contributed by atoms with Gasteiger partial charge in [-0.25, -0.2) is 4.98 Å². The Labute approximate surface area is 125 Å². The molecule has 0 aliphatic heterocycles. The smallest absolute Gasteiger partial charge is 0.289 e. The molecule has 8 heteroatoms. The number of carbonyl (C=O) groups excluding carboxylic acids is 2. The zero-order valence-corrected chi connectivity index (χ0v) is 11.7. The predicted octanol–water partition coefficient (Wildman–Crippen LogP) is 1.22. The third kappa shape index (κ3) is 3.67. The summed E-state index contributed by atoms with van der Waals surface area (Å²) in [6.07, 6.45) is 2.72. The molecule has 0 fully saturated rings. The fourth-order valence-electron chi connectivity index (χ4n) is 1.44. The van der Waals surface area contributed by atoms with Gasteiger partial charge in [-0.3, -0.25) is 25.4 Å². The van der Waals surface area contributed by atoms with Crippen LogP contribution in [-0.4, -0.2) is 26.9 Å². The summed E-state index contributed by atoms with van der Waals surface area (Å²) in [6, 6.07) is 4.00. The summed E-state index contributed by atoms with van der Waals surface area (Å²) in [5, 5.41) is 9.85. The van der Waals surface area contributed by atoms with Crippen molar-refractivity contribution >= 4 is 23.4 Å². The fraction of sp³-hybridized carbons (Fsp3) is 0.0769. The first-order valence-electron chi connectivity index (χ1n) is 5.85. The molecule has 0 saturated carbocycles. The maximum atomic E-state index is 11.8. The number of benzene rings is 1. The van der Waals surface area contributed by atoms with Gasteiger partial charge in [-0.15, -0.1) is 0 Å². The van der Waals surface area contributed by atoms with E-state index in [1.165, 1.54) is 30.6 Å². The Morgan fingerprint density at radius 3 is 2.52 bits per heavy atom. The number of phenolic OH excluding ortho intramolecular Hbond substituents is 1. The zero-order chi connectivity index (χ0) is 15.4. The molecule has 0 unspecified atom stereocenters. The van der Waals surface area contributed by atoms with Gasteiger partial charge in [0.15, 0.2) is 0 Å². The molecule has 0 saturated heterocycles. The number of hydrazine groups is 1. The summed E-state index contributed by atoms with van der Waals surface area (Å²) in [4.78, 5) is 31.3. The maximum Gasteiger partial charge on any atom is 0.289 e. The van der Waals surface area contributed by atoms with Gasteiger partial charge in [0.1, 0.15) is 11.4 Å². The van der Waals surface area contributed by atoms with Crippen molar-refractivity contribution < 1.29 is 14.7 Å². The molecule has 3 N–H and O–H groups in total. The number of aromatic hydroxyl groups is 1. The molecule has 0 spiro atoms. The molecule has 0 bridgehead atoms. The molecule has 2 aromatic rings. The van der Waals surface area contributed by atoms with Crippen LogP contribution in [0.5, 0.6) is 5.75 Å². The van der Waals surface area contributed by atoms with Crippen LogP contribution < -0.4 is 10.9 Å². The van der Waals surface area contributed by atoms with Crippen LogP contribution >= 0.6 is 11.6 Å². The number of halogens is 1. The molecule has 21 heavy (non-hydrogen) atoms. The molecule has 0 aliphatic carbocycles. The molecule has 0 radical (unpaired) electrons. The second-order valence-electron chi connectivity index (χ2n) is 4.11. The molecule has 7 nitrogen and oxygen atoms in total. The molecule has 2 rings (SSSR count). The van der Waals surface area contributed by atoms with Gasteiger partial charge in [0.2, 0.25) is 0 Å². The van der Waals surface area contributed by atoms with Crippen LogP contribution in [0.2, 0.25) is 5.02 Å². The van der Waals surface area contributed by atoms with E-state index in [0.29, 0.717) is 5.69 Å². The molecule has 0 atom stereocenters. The van der Waals surface area contributed by atoms with E-state index in [-0.39, 0.29) is 22.0 Å². The van der Waals surface area contributed by atoms with Gasteiger partial charge in [-0.2, -0.15) is 0 Å².